The van der Waals surface area contributed by atoms with Crippen LogP contribution >= 0.6 is 0 Å². The van der Waals surface area contributed by atoms with E-state index in [0.29, 0.717) is 32.7 Å². The zero-order valence-electron chi connectivity index (χ0n) is 14.8. The fourth-order valence-electron chi connectivity index (χ4n) is 3.17. The molecular formula is C18H25N3O4. The summed E-state index contributed by atoms with van der Waals surface area (Å²) in [6, 6.07) is 7.45. The molecule has 0 radical (unpaired) electrons. The van der Waals surface area contributed by atoms with Crippen LogP contribution in [0.25, 0.3) is 0 Å². The number of carbonyl (C=O) groups is 2. The largest absolute Gasteiger partial charge is 0.497 e. The predicted molar refractivity (Wildman–Crippen MR) is 92.4 cm³/mol. The van der Waals surface area contributed by atoms with E-state index in [0.717, 1.165) is 24.4 Å². The Morgan fingerprint density at radius 2 is 1.88 bits per heavy atom. The van der Waals surface area contributed by atoms with Crippen LogP contribution in [0.2, 0.25) is 0 Å². The van der Waals surface area contributed by atoms with E-state index in [1.54, 1.807) is 14.0 Å². The van der Waals surface area contributed by atoms with Gasteiger partial charge in [0, 0.05) is 13.1 Å². The first-order valence-corrected chi connectivity index (χ1v) is 8.59. The molecule has 3 amide bonds. The summed E-state index contributed by atoms with van der Waals surface area (Å²) < 4.78 is 10.5. The van der Waals surface area contributed by atoms with Crippen LogP contribution in [0.3, 0.4) is 0 Å². The molecule has 0 aliphatic carbocycles. The first-order valence-electron chi connectivity index (χ1n) is 8.59. The summed E-state index contributed by atoms with van der Waals surface area (Å²) in [5.41, 5.74) is 0.249. The molecule has 2 heterocycles. The molecule has 0 aromatic heterocycles. The predicted octanol–water partition coefficient (Wildman–Crippen LogP) is 1.23. The van der Waals surface area contributed by atoms with E-state index in [1.807, 2.05) is 24.3 Å². The molecular weight excluding hydrogens is 322 g/mol. The number of carbonyl (C=O) groups excluding carboxylic acids is 2. The van der Waals surface area contributed by atoms with Gasteiger partial charge in [-0.25, -0.2) is 9.69 Å². The van der Waals surface area contributed by atoms with Gasteiger partial charge in [-0.05, 0) is 37.5 Å². The molecule has 25 heavy (non-hydrogen) atoms. The summed E-state index contributed by atoms with van der Waals surface area (Å²) in [4.78, 5) is 28.5. The van der Waals surface area contributed by atoms with Gasteiger partial charge in [0.25, 0.3) is 5.91 Å². The number of rotatable bonds is 6. The minimum atomic E-state index is -0.858. The van der Waals surface area contributed by atoms with Crippen molar-refractivity contribution in [2.75, 3.05) is 40.1 Å². The Morgan fingerprint density at radius 1 is 1.20 bits per heavy atom. The van der Waals surface area contributed by atoms with Gasteiger partial charge in [0.2, 0.25) is 0 Å². The topological polar surface area (TPSA) is 71.1 Å². The summed E-state index contributed by atoms with van der Waals surface area (Å²) in [7, 11) is 1.63. The number of morpholine rings is 1. The average molecular weight is 347 g/mol. The van der Waals surface area contributed by atoms with Crippen LogP contribution in [0.4, 0.5) is 4.79 Å². The maximum absolute atomic E-state index is 12.8. The maximum atomic E-state index is 12.8. The fourth-order valence-corrected chi connectivity index (χ4v) is 3.17. The molecule has 2 aliphatic rings. The Bertz CT molecular complexity index is 628. The third-order valence-electron chi connectivity index (χ3n) is 4.86. The highest BCUT2D eigenvalue weighted by molar-refractivity contribution is 6.06. The highest BCUT2D eigenvalue weighted by Gasteiger charge is 2.47. The number of imide groups is 1. The van der Waals surface area contributed by atoms with Gasteiger partial charge in [0.1, 0.15) is 11.3 Å². The Morgan fingerprint density at radius 3 is 2.52 bits per heavy atom. The van der Waals surface area contributed by atoms with Crippen LogP contribution in [-0.4, -0.2) is 67.4 Å². The van der Waals surface area contributed by atoms with Crippen LogP contribution in [0.5, 0.6) is 5.75 Å². The molecule has 2 aliphatic heterocycles. The van der Waals surface area contributed by atoms with Crippen LogP contribution in [0.1, 0.15) is 18.9 Å². The van der Waals surface area contributed by atoms with Crippen molar-refractivity contribution in [1.29, 1.82) is 0 Å². The van der Waals surface area contributed by atoms with Crippen molar-refractivity contribution in [3.63, 3.8) is 0 Å². The van der Waals surface area contributed by atoms with Crippen LogP contribution in [0, 0.1) is 0 Å². The Kier molecular flexibility index (Phi) is 5.24. The number of benzene rings is 1. The Labute approximate surface area is 147 Å². The highest BCUT2D eigenvalue weighted by atomic mass is 16.5. The monoisotopic (exact) mass is 347 g/mol. The molecule has 0 spiro atoms. The minimum absolute atomic E-state index is 0.155. The second kappa shape index (κ2) is 7.41. The standard InChI is InChI=1S/C18H25N3O4/c1-18(8-7-14-3-5-15(24-2)6-4-14)16(22)21(17(23)19-18)13-20-9-11-25-12-10-20/h3-6H,7-13H2,1-2H3,(H,19,23). The molecule has 3 rings (SSSR count). The van der Waals surface area contributed by atoms with Gasteiger partial charge in [-0.1, -0.05) is 12.1 Å². The first-order chi connectivity index (χ1) is 12.0. The van der Waals surface area contributed by atoms with E-state index in [1.165, 1.54) is 4.90 Å². The lowest BCUT2D eigenvalue weighted by atomic mass is 9.93. The molecule has 2 saturated heterocycles. The summed E-state index contributed by atoms with van der Waals surface area (Å²) in [5.74, 6) is 0.648. The van der Waals surface area contributed by atoms with Crippen molar-refractivity contribution in [2.24, 2.45) is 0 Å². The minimum Gasteiger partial charge on any atom is -0.497 e. The number of ether oxygens (including phenoxy) is 2. The molecule has 1 N–H and O–H groups in total. The van der Waals surface area contributed by atoms with E-state index in [2.05, 4.69) is 10.2 Å². The smallest absolute Gasteiger partial charge is 0.326 e. The van der Waals surface area contributed by atoms with Crippen molar-refractivity contribution < 1.29 is 19.1 Å². The fraction of sp³-hybridized carbons (Fsp3) is 0.556. The van der Waals surface area contributed by atoms with Gasteiger partial charge < -0.3 is 14.8 Å². The van der Waals surface area contributed by atoms with E-state index in [9.17, 15) is 9.59 Å². The number of aryl methyl sites for hydroxylation is 1. The van der Waals surface area contributed by atoms with Gasteiger partial charge >= 0.3 is 6.03 Å². The van der Waals surface area contributed by atoms with Crippen molar-refractivity contribution in [1.82, 2.24) is 15.1 Å². The molecule has 1 atom stereocenters. The molecule has 1 aromatic rings. The first kappa shape index (κ1) is 17.7. The van der Waals surface area contributed by atoms with Gasteiger partial charge in [0.15, 0.2) is 0 Å². The van der Waals surface area contributed by atoms with Crippen molar-refractivity contribution in [2.45, 2.75) is 25.3 Å². The molecule has 1 aromatic carbocycles. The van der Waals surface area contributed by atoms with Gasteiger partial charge in [-0.2, -0.15) is 0 Å². The van der Waals surface area contributed by atoms with E-state index in [4.69, 9.17) is 9.47 Å². The van der Waals surface area contributed by atoms with Crippen molar-refractivity contribution >= 4 is 11.9 Å². The zero-order valence-corrected chi connectivity index (χ0v) is 14.8. The van der Waals surface area contributed by atoms with Crippen LogP contribution < -0.4 is 10.1 Å². The molecule has 7 heteroatoms. The van der Waals surface area contributed by atoms with Crippen molar-refractivity contribution in [3.05, 3.63) is 29.8 Å². The van der Waals surface area contributed by atoms with Gasteiger partial charge in [0.05, 0.1) is 27.0 Å². The number of nitrogens with zero attached hydrogens (tertiary/aromatic N) is 2. The number of hydrogen-bond donors (Lipinski definition) is 1. The lowest BCUT2D eigenvalue weighted by molar-refractivity contribution is -0.133. The molecule has 7 nitrogen and oxygen atoms in total. The maximum Gasteiger partial charge on any atom is 0.326 e. The Hall–Kier alpha value is -2.12. The second-order valence-corrected chi connectivity index (χ2v) is 6.72. The summed E-state index contributed by atoms with van der Waals surface area (Å²) in [5, 5.41) is 2.87. The lowest BCUT2D eigenvalue weighted by Gasteiger charge is -2.29. The average Bonchev–Trinajstić information content (AvgIpc) is 2.85. The number of urea groups is 1. The summed E-state index contributed by atoms with van der Waals surface area (Å²) in [6.45, 7) is 4.87. The number of amides is 3. The molecule has 2 fully saturated rings. The van der Waals surface area contributed by atoms with Crippen LogP contribution in [-0.2, 0) is 16.0 Å². The molecule has 0 saturated carbocycles. The van der Waals surface area contributed by atoms with Gasteiger partial charge in [-0.3, -0.25) is 9.69 Å². The van der Waals surface area contributed by atoms with E-state index >= 15 is 0 Å². The third kappa shape index (κ3) is 3.93. The van der Waals surface area contributed by atoms with Gasteiger partial charge in [-0.15, -0.1) is 0 Å². The molecule has 0 bridgehead atoms. The number of hydrogen-bond acceptors (Lipinski definition) is 5. The van der Waals surface area contributed by atoms with Crippen molar-refractivity contribution in [3.8, 4) is 5.75 Å². The second-order valence-electron chi connectivity index (χ2n) is 6.72. The normalized spacial score (nSPS) is 24.5. The Balaban J connectivity index is 1.60. The van der Waals surface area contributed by atoms with Crippen LogP contribution in [0.15, 0.2) is 24.3 Å². The zero-order chi connectivity index (χ0) is 17.9. The SMILES string of the molecule is COc1ccc(CCC2(C)NC(=O)N(CN3CCOCC3)C2=O)cc1. The summed E-state index contributed by atoms with van der Waals surface area (Å²) >= 11 is 0. The summed E-state index contributed by atoms with van der Waals surface area (Å²) in [6.07, 6.45) is 1.27. The number of methoxy groups -OCH3 is 1. The lowest BCUT2D eigenvalue weighted by Crippen LogP contribution is -2.48. The molecule has 1 unspecified atom stereocenters. The van der Waals surface area contributed by atoms with E-state index < -0.39 is 5.54 Å². The van der Waals surface area contributed by atoms with E-state index in [-0.39, 0.29) is 11.9 Å². The molecule has 136 valence electrons. The number of nitrogens with one attached hydrogen (secondary N) is 1. The third-order valence-corrected chi connectivity index (χ3v) is 4.86. The highest BCUT2D eigenvalue weighted by Crippen LogP contribution is 2.24. The quantitative estimate of drug-likeness (QED) is 0.784.